The molecule has 0 amide bonds. The van der Waals surface area contributed by atoms with Crippen LogP contribution in [0.15, 0.2) is 18.2 Å². The molecule has 0 heterocycles. The minimum atomic E-state index is -1.04. The van der Waals surface area contributed by atoms with Gasteiger partial charge in [-0.15, -0.1) is 0 Å². The Bertz CT molecular complexity index is 876. The van der Waals surface area contributed by atoms with Gasteiger partial charge < -0.3 is 29.4 Å². The van der Waals surface area contributed by atoms with Gasteiger partial charge in [-0.05, 0) is 64.7 Å². The van der Waals surface area contributed by atoms with Gasteiger partial charge >= 0.3 is 24.1 Å². The summed E-state index contributed by atoms with van der Waals surface area (Å²) >= 11 is 0. The number of rotatable bonds is 12. The SMILES string of the molecule is CCCC(=O)Oc1ccc(C[C@H](N)C(=O)O[C@@H](C)COC(=O)OC(C)(C)C)cc1OC(=O)CCC. The van der Waals surface area contributed by atoms with E-state index in [9.17, 15) is 19.2 Å². The molecule has 0 bridgehead atoms. The molecule has 35 heavy (non-hydrogen) atoms. The van der Waals surface area contributed by atoms with Crippen molar-refractivity contribution in [3.05, 3.63) is 23.8 Å². The molecular weight excluding hydrogens is 458 g/mol. The van der Waals surface area contributed by atoms with Crippen molar-refractivity contribution >= 4 is 24.1 Å². The Kier molecular flexibility index (Phi) is 12.2. The molecule has 0 radical (unpaired) electrons. The lowest BCUT2D eigenvalue weighted by Crippen LogP contribution is -2.37. The van der Waals surface area contributed by atoms with Crippen molar-refractivity contribution in [1.29, 1.82) is 0 Å². The van der Waals surface area contributed by atoms with Crippen LogP contribution in [0.25, 0.3) is 0 Å². The number of esters is 3. The summed E-state index contributed by atoms with van der Waals surface area (Å²) in [4.78, 5) is 47.9. The van der Waals surface area contributed by atoms with Crippen LogP contribution in [0, 0.1) is 0 Å². The van der Waals surface area contributed by atoms with Gasteiger partial charge in [-0.2, -0.15) is 0 Å². The van der Waals surface area contributed by atoms with Crippen molar-refractivity contribution in [2.24, 2.45) is 5.73 Å². The van der Waals surface area contributed by atoms with Crippen molar-refractivity contribution < 1.29 is 42.9 Å². The highest BCUT2D eigenvalue weighted by Gasteiger charge is 2.23. The molecule has 2 N–H and O–H groups in total. The minimum absolute atomic E-state index is 0.0694. The van der Waals surface area contributed by atoms with Crippen molar-refractivity contribution in [1.82, 2.24) is 0 Å². The molecule has 1 aromatic carbocycles. The van der Waals surface area contributed by atoms with E-state index in [0.717, 1.165) is 0 Å². The average Bonchev–Trinajstić information content (AvgIpc) is 2.73. The number of carbonyl (C=O) groups excluding carboxylic acids is 4. The standard InChI is InChI=1S/C25H37NO9/c1-7-9-21(27)33-19-12-11-17(14-20(19)34-22(28)10-8-2)13-18(26)23(29)32-16(3)15-31-24(30)35-25(4,5)6/h11-12,14,16,18H,7-10,13,15,26H2,1-6H3/t16-,18-/m0/s1. The van der Waals surface area contributed by atoms with Crippen LogP contribution in [0.3, 0.4) is 0 Å². The van der Waals surface area contributed by atoms with Crippen molar-refractivity contribution in [2.45, 2.75) is 91.4 Å². The van der Waals surface area contributed by atoms with E-state index in [0.29, 0.717) is 18.4 Å². The Morgan fingerprint density at radius 3 is 2.06 bits per heavy atom. The van der Waals surface area contributed by atoms with Crippen molar-refractivity contribution in [3.63, 3.8) is 0 Å². The molecule has 0 fully saturated rings. The summed E-state index contributed by atoms with van der Waals surface area (Å²) in [5, 5.41) is 0. The van der Waals surface area contributed by atoms with E-state index in [1.165, 1.54) is 12.1 Å². The molecular formula is C25H37NO9. The molecule has 0 aliphatic rings. The first-order valence-corrected chi connectivity index (χ1v) is 11.7. The fourth-order valence-corrected chi connectivity index (χ4v) is 2.72. The van der Waals surface area contributed by atoms with Crippen LogP contribution in [0.4, 0.5) is 4.79 Å². The molecule has 0 aromatic heterocycles. The predicted molar refractivity (Wildman–Crippen MR) is 127 cm³/mol. The van der Waals surface area contributed by atoms with E-state index in [2.05, 4.69) is 0 Å². The minimum Gasteiger partial charge on any atom is -0.458 e. The van der Waals surface area contributed by atoms with Gasteiger partial charge in [0.1, 0.15) is 24.4 Å². The molecule has 0 spiro atoms. The molecule has 0 unspecified atom stereocenters. The third kappa shape index (κ3) is 12.2. The number of hydrogen-bond acceptors (Lipinski definition) is 10. The van der Waals surface area contributed by atoms with E-state index in [4.69, 9.17) is 29.4 Å². The summed E-state index contributed by atoms with van der Waals surface area (Å²) in [7, 11) is 0. The van der Waals surface area contributed by atoms with Crippen LogP contribution in [-0.4, -0.2) is 48.4 Å². The van der Waals surface area contributed by atoms with Gasteiger partial charge in [-0.3, -0.25) is 14.4 Å². The zero-order valence-electron chi connectivity index (χ0n) is 21.4. The smallest absolute Gasteiger partial charge is 0.458 e. The monoisotopic (exact) mass is 495 g/mol. The maximum Gasteiger partial charge on any atom is 0.508 e. The predicted octanol–water partition coefficient (Wildman–Crippen LogP) is 3.85. The molecule has 196 valence electrons. The van der Waals surface area contributed by atoms with Crippen LogP contribution in [0.2, 0.25) is 0 Å². The molecule has 1 rings (SSSR count). The summed E-state index contributed by atoms with van der Waals surface area (Å²) in [5.41, 5.74) is 5.86. The van der Waals surface area contributed by atoms with Crippen molar-refractivity contribution in [2.75, 3.05) is 6.61 Å². The molecule has 2 atom stereocenters. The molecule has 0 saturated carbocycles. The lowest BCUT2D eigenvalue weighted by Gasteiger charge is -2.20. The normalized spacial score (nSPS) is 12.8. The lowest BCUT2D eigenvalue weighted by molar-refractivity contribution is -0.152. The number of nitrogens with two attached hydrogens (primary N) is 1. The van der Waals surface area contributed by atoms with Crippen LogP contribution in [0.1, 0.15) is 72.8 Å². The quantitative estimate of drug-likeness (QED) is 0.336. The molecule has 0 aliphatic heterocycles. The fraction of sp³-hybridized carbons (Fsp3) is 0.600. The molecule has 0 aliphatic carbocycles. The zero-order valence-corrected chi connectivity index (χ0v) is 21.4. The van der Waals surface area contributed by atoms with E-state index in [-0.39, 0.29) is 37.4 Å². The molecule has 10 nitrogen and oxygen atoms in total. The van der Waals surface area contributed by atoms with Crippen LogP contribution in [-0.2, 0) is 35.0 Å². The van der Waals surface area contributed by atoms with Gasteiger partial charge in [0.25, 0.3) is 0 Å². The second kappa shape index (κ2) is 14.3. The van der Waals surface area contributed by atoms with Crippen molar-refractivity contribution in [3.8, 4) is 11.5 Å². The number of hydrogen-bond donors (Lipinski definition) is 1. The Balaban J connectivity index is 2.78. The van der Waals surface area contributed by atoms with Gasteiger partial charge in [0.15, 0.2) is 11.5 Å². The van der Waals surface area contributed by atoms with E-state index in [1.54, 1.807) is 33.8 Å². The third-order valence-corrected chi connectivity index (χ3v) is 4.27. The van der Waals surface area contributed by atoms with Crippen LogP contribution < -0.4 is 15.2 Å². The second-order valence-corrected chi connectivity index (χ2v) is 9.06. The molecule has 1 aromatic rings. The summed E-state index contributed by atoms with van der Waals surface area (Å²) in [5.74, 6) is -1.44. The van der Waals surface area contributed by atoms with Gasteiger partial charge in [0.2, 0.25) is 0 Å². The fourth-order valence-electron chi connectivity index (χ4n) is 2.72. The number of ether oxygens (including phenoxy) is 5. The molecule has 0 saturated heterocycles. The number of benzene rings is 1. The van der Waals surface area contributed by atoms with Crippen LogP contribution in [0.5, 0.6) is 11.5 Å². The largest absolute Gasteiger partial charge is 0.508 e. The lowest BCUT2D eigenvalue weighted by atomic mass is 10.1. The van der Waals surface area contributed by atoms with Gasteiger partial charge in [0.05, 0.1) is 0 Å². The van der Waals surface area contributed by atoms with E-state index < -0.39 is 41.8 Å². The van der Waals surface area contributed by atoms with E-state index in [1.807, 2.05) is 13.8 Å². The Hall–Kier alpha value is -3.14. The average molecular weight is 496 g/mol. The maximum absolute atomic E-state index is 12.4. The highest BCUT2D eigenvalue weighted by atomic mass is 16.7. The van der Waals surface area contributed by atoms with Gasteiger partial charge in [0, 0.05) is 12.8 Å². The van der Waals surface area contributed by atoms with Crippen LogP contribution >= 0.6 is 0 Å². The van der Waals surface area contributed by atoms with Gasteiger partial charge in [-0.1, -0.05) is 19.9 Å². The Morgan fingerprint density at radius 1 is 0.943 bits per heavy atom. The Labute approximate surface area is 206 Å². The zero-order chi connectivity index (χ0) is 26.6. The summed E-state index contributed by atoms with van der Waals surface area (Å²) in [6, 6.07) is 3.58. The van der Waals surface area contributed by atoms with Gasteiger partial charge in [-0.25, -0.2) is 4.79 Å². The molecule has 10 heteroatoms. The maximum atomic E-state index is 12.4. The topological polar surface area (TPSA) is 140 Å². The summed E-state index contributed by atoms with van der Waals surface area (Å²) < 4.78 is 25.9. The Morgan fingerprint density at radius 2 is 1.51 bits per heavy atom. The highest BCUT2D eigenvalue weighted by Crippen LogP contribution is 2.30. The third-order valence-electron chi connectivity index (χ3n) is 4.27. The summed E-state index contributed by atoms with van der Waals surface area (Å²) in [6.45, 7) is 10.2. The first kappa shape index (κ1) is 29.9. The second-order valence-electron chi connectivity index (χ2n) is 9.06. The van der Waals surface area contributed by atoms with E-state index >= 15 is 0 Å². The first-order chi connectivity index (χ1) is 16.3. The first-order valence-electron chi connectivity index (χ1n) is 11.7. The summed E-state index contributed by atoms with van der Waals surface area (Å²) in [6.07, 6.45) is 0.0792. The highest BCUT2D eigenvalue weighted by molar-refractivity contribution is 5.77. The number of carbonyl (C=O) groups is 4.